The number of likely N-dealkylation sites (tertiary alicyclic amines) is 1. The molecule has 104 valence electrons. The van der Waals surface area contributed by atoms with Gasteiger partial charge in [0.05, 0.1) is 6.10 Å². The quantitative estimate of drug-likeness (QED) is 0.728. The Morgan fingerprint density at radius 3 is 2.50 bits per heavy atom. The van der Waals surface area contributed by atoms with E-state index in [2.05, 4.69) is 0 Å². The van der Waals surface area contributed by atoms with Crippen molar-refractivity contribution >= 4 is 5.91 Å². The van der Waals surface area contributed by atoms with Gasteiger partial charge in [0.15, 0.2) is 0 Å². The van der Waals surface area contributed by atoms with Crippen LogP contribution in [0.15, 0.2) is 0 Å². The SMILES string of the molecule is O=C(N1CCCCC2C(O)CCCC21)C(F)(F)F. The number of alkyl halides is 3. The number of carbonyl (C=O) groups excluding carboxylic acids is 1. The predicted molar refractivity (Wildman–Crippen MR) is 58.8 cm³/mol. The second-order valence-corrected chi connectivity index (χ2v) is 5.22. The number of hydrogen-bond donors (Lipinski definition) is 1. The standard InChI is InChI=1S/C12H18F3NO2/c13-12(14,15)11(18)16-7-2-1-4-8-9(16)5-3-6-10(8)17/h8-10,17H,1-7H2. The number of carbonyl (C=O) groups is 1. The van der Waals surface area contributed by atoms with Gasteiger partial charge in [-0.2, -0.15) is 13.2 Å². The summed E-state index contributed by atoms with van der Waals surface area (Å²) in [6.45, 7) is 0.159. The van der Waals surface area contributed by atoms with Gasteiger partial charge < -0.3 is 10.0 Å². The fourth-order valence-electron chi connectivity index (χ4n) is 3.24. The maximum absolute atomic E-state index is 12.6. The Hall–Kier alpha value is -0.780. The lowest BCUT2D eigenvalue weighted by Gasteiger charge is -2.40. The fourth-order valence-corrected chi connectivity index (χ4v) is 3.24. The highest BCUT2D eigenvalue weighted by Crippen LogP contribution is 2.36. The lowest BCUT2D eigenvalue weighted by Crippen LogP contribution is -2.52. The Balaban J connectivity index is 2.20. The zero-order valence-corrected chi connectivity index (χ0v) is 10.1. The molecule has 0 aromatic carbocycles. The molecule has 1 N–H and O–H groups in total. The van der Waals surface area contributed by atoms with Crippen molar-refractivity contribution in [3.8, 4) is 0 Å². The molecule has 2 aliphatic rings. The molecule has 0 aromatic rings. The van der Waals surface area contributed by atoms with E-state index in [1.165, 1.54) is 0 Å². The van der Waals surface area contributed by atoms with Gasteiger partial charge in [-0.05, 0) is 32.1 Å². The van der Waals surface area contributed by atoms with Crippen LogP contribution in [0.5, 0.6) is 0 Å². The van der Waals surface area contributed by atoms with E-state index in [-0.39, 0.29) is 12.5 Å². The summed E-state index contributed by atoms with van der Waals surface area (Å²) >= 11 is 0. The van der Waals surface area contributed by atoms with Crippen molar-refractivity contribution in [3.05, 3.63) is 0 Å². The molecule has 1 heterocycles. The van der Waals surface area contributed by atoms with Gasteiger partial charge in [0.25, 0.3) is 0 Å². The third-order valence-electron chi connectivity index (χ3n) is 4.08. The van der Waals surface area contributed by atoms with E-state index in [0.717, 1.165) is 11.3 Å². The first kappa shape index (κ1) is 13.6. The molecule has 6 heteroatoms. The molecule has 1 aliphatic carbocycles. The molecule has 1 aliphatic heterocycles. The van der Waals surface area contributed by atoms with Gasteiger partial charge in [0, 0.05) is 18.5 Å². The average Bonchev–Trinajstić information content (AvgIpc) is 2.50. The first-order valence-electron chi connectivity index (χ1n) is 6.47. The van der Waals surface area contributed by atoms with Crippen LogP contribution in [-0.2, 0) is 4.79 Å². The fraction of sp³-hybridized carbons (Fsp3) is 0.917. The molecule has 3 unspecified atom stereocenters. The monoisotopic (exact) mass is 265 g/mol. The molecular formula is C12H18F3NO2. The summed E-state index contributed by atoms with van der Waals surface area (Å²) in [5.41, 5.74) is 0. The van der Waals surface area contributed by atoms with Crippen molar-refractivity contribution < 1.29 is 23.1 Å². The number of aliphatic hydroxyl groups excluding tert-OH is 1. The zero-order valence-electron chi connectivity index (χ0n) is 10.1. The number of hydrogen-bond acceptors (Lipinski definition) is 2. The normalized spacial score (nSPS) is 33.8. The van der Waals surface area contributed by atoms with Crippen molar-refractivity contribution in [2.75, 3.05) is 6.54 Å². The van der Waals surface area contributed by atoms with Crippen LogP contribution in [0.25, 0.3) is 0 Å². The van der Waals surface area contributed by atoms with Gasteiger partial charge in [0.1, 0.15) is 0 Å². The molecule has 1 amide bonds. The summed E-state index contributed by atoms with van der Waals surface area (Å²) in [5.74, 6) is -1.93. The molecule has 0 radical (unpaired) electrons. The molecule has 2 fully saturated rings. The topological polar surface area (TPSA) is 40.5 Å². The first-order valence-corrected chi connectivity index (χ1v) is 6.47. The van der Waals surface area contributed by atoms with Gasteiger partial charge in [0.2, 0.25) is 0 Å². The summed E-state index contributed by atoms with van der Waals surface area (Å²) in [5, 5.41) is 9.91. The molecule has 18 heavy (non-hydrogen) atoms. The van der Waals surface area contributed by atoms with Crippen molar-refractivity contribution in [2.24, 2.45) is 5.92 Å². The van der Waals surface area contributed by atoms with Gasteiger partial charge in [-0.25, -0.2) is 0 Å². The third kappa shape index (κ3) is 2.63. The average molecular weight is 265 g/mol. The number of nitrogens with zero attached hydrogens (tertiary/aromatic N) is 1. The second kappa shape index (κ2) is 5.07. The van der Waals surface area contributed by atoms with Gasteiger partial charge in [-0.1, -0.05) is 6.42 Å². The Bertz CT molecular complexity index is 319. The summed E-state index contributed by atoms with van der Waals surface area (Å²) in [6.07, 6.45) is -1.40. The van der Waals surface area contributed by atoms with E-state index < -0.39 is 24.2 Å². The van der Waals surface area contributed by atoms with Crippen LogP contribution in [0.3, 0.4) is 0 Å². The van der Waals surface area contributed by atoms with Crippen molar-refractivity contribution in [3.63, 3.8) is 0 Å². The van der Waals surface area contributed by atoms with Gasteiger partial charge in [-0.15, -0.1) is 0 Å². The van der Waals surface area contributed by atoms with Crippen LogP contribution < -0.4 is 0 Å². The minimum atomic E-state index is -4.81. The predicted octanol–water partition coefficient (Wildman–Crippen LogP) is 2.09. The maximum atomic E-state index is 12.6. The minimum absolute atomic E-state index is 0.159. The van der Waals surface area contributed by atoms with Crippen LogP contribution in [-0.4, -0.2) is 40.8 Å². The zero-order chi connectivity index (χ0) is 13.3. The van der Waals surface area contributed by atoms with E-state index >= 15 is 0 Å². The molecule has 3 nitrogen and oxygen atoms in total. The van der Waals surface area contributed by atoms with Crippen molar-refractivity contribution in [2.45, 2.75) is 56.8 Å². The van der Waals surface area contributed by atoms with Crippen LogP contribution in [0.2, 0.25) is 0 Å². The van der Waals surface area contributed by atoms with E-state index in [4.69, 9.17) is 0 Å². The smallest absolute Gasteiger partial charge is 0.393 e. The Morgan fingerprint density at radius 2 is 1.83 bits per heavy atom. The van der Waals surface area contributed by atoms with Crippen LogP contribution in [0, 0.1) is 5.92 Å². The van der Waals surface area contributed by atoms with Crippen molar-refractivity contribution in [1.82, 2.24) is 4.90 Å². The van der Waals surface area contributed by atoms with Gasteiger partial charge >= 0.3 is 12.1 Å². The highest BCUT2D eigenvalue weighted by atomic mass is 19.4. The number of aliphatic hydroxyl groups is 1. The molecule has 1 saturated heterocycles. The highest BCUT2D eigenvalue weighted by molar-refractivity contribution is 5.82. The lowest BCUT2D eigenvalue weighted by atomic mass is 9.79. The molecule has 0 aromatic heterocycles. The summed E-state index contributed by atoms with van der Waals surface area (Å²) in [4.78, 5) is 12.4. The maximum Gasteiger partial charge on any atom is 0.471 e. The lowest BCUT2D eigenvalue weighted by molar-refractivity contribution is -0.190. The molecule has 0 spiro atoms. The minimum Gasteiger partial charge on any atom is -0.393 e. The number of amides is 1. The van der Waals surface area contributed by atoms with Crippen LogP contribution >= 0.6 is 0 Å². The Kier molecular flexibility index (Phi) is 3.84. The second-order valence-electron chi connectivity index (χ2n) is 5.22. The van der Waals surface area contributed by atoms with Gasteiger partial charge in [-0.3, -0.25) is 4.79 Å². The molecular weight excluding hydrogens is 247 g/mol. The summed E-state index contributed by atoms with van der Waals surface area (Å²) in [6, 6.07) is -0.439. The Labute approximate surface area is 104 Å². The van der Waals surface area contributed by atoms with E-state index in [1.807, 2.05) is 0 Å². The summed E-state index contributed by atoms with van der Waals surface area (Å²) < 4.78 is 37.7. The number of halogens is 3. The Morgan fingerprint density at radius 1 is 1.11 bits per heavy atom. The molecule has 2 rings (SSSR count). The number of fused-ring (bicyclic) bond motifs is 1. The van der Waals surface area contributed by atoms with E-state index in [0.29, 0.717) is 32.1 Å². The highest BCUT2D eigenvalue weighted by Gasteiger charge is 2.48. The summed E-state index contributed by atoms with van der Waals surface area (Å²) in [7, 11) is 0. The van der Waals surface area contributed by atoms with Crippen LogP contribution in [0.1, 0.15) is 38.5 Å². The molecule has 1 saturated carbocycles. The van der Waals surface area contributed by atoms with Crippen molar-refractivity contribution in [1.29, 1.82) is 0 Å². The van der Waals surface area contributed by atoms with Crippen LogP contribution in [0.4, 0.5) is 13.2 Å². The molecule has 0 bridgehead atoms. The number of rotatable bonds is 0. The first-order chi connectivity index (χ1) is 8.41. The van der Waals surface area contributed by atoms with E-state index in [1.54, 1.807) is 0 Å². The van der Waals surface area contributed by atoms with E-state index in [9.17, 15) is 23.1 Å². The largest absolute Gasteiger partial charge is 0.471 e. The molecule has 3 atom stereocenters. The third-order valence-corrected chi connectivity index (χ3v) is 4.08.